The first-order valence-corrected chi connectivity index (χ1v) is 5.36. The van der Waals surface area contributed by atoms with E-state index in [1.165, 1.54) is 22.3 Å². The molecule has 0 aliphatic heterocycles. The highest BCUT2D eigenvalue weighted by atomic mass is 15.1. The average molecular weight is 215 g/mol. The van der Waals surface area contributed by atoms with Crippen molar-refractivity contribution in [2.75, 3.05) is 5.73 Å². The third-order valence-corrected chi connectivity index (χ3v) is 2.85. The Balaban J connectivity index is 2.64. The molecule has 0 radical (unpaired) electrons. The minimum atomic E-state index is 0.550. The fourth-order valence-electron chi connectivity index (χ4n) is 2.19. The van der Waals surface area contributed by atoms with Crippen LogP contribution < -0.4 is 5.73 Å². The fraction of sp³-hybridized carbons (Fsp3) is 0.308. The van der Waals surface area contributed by atoms with E-state index in [1.807, 2.05) is 17.8 Å². The third-order valence-electron chi connectivity index (χ3n) is 2.85. The molecule has 3 heteroatoms. The zero-order valence-corrected chi connectivity index (χ0v) is 10.2. The van der Waals surface area contributed by atoms with Crippen molar-refractivity contribution in [3.8, 4) is 11.3 Å². The number of nitrogens with two attached hydrogens (primary N) is 1. The number of anilines is 1. The Morgan fingerprint density at radius 3 is 2.12 bits per heavy atom. The lowest BCUT2D eigenvalue weighted by molar-refractivity contribution is 0.930. The van der Waals surface area contributed by atoms with Crippen molar-refractivity contribution in [2.45, 2.75) is 20.8 Å². The smallest absolute Gasteiger partial charge is 0.200 e. The van der Waals surface area contributed by atoms with Gasteiger partial charge in [-0.1, -0.05) is 17.7 Å². The molecule has 0 saturated heterocycles. The molecule has 84 valence electrons. The lowest BCUT2D eigenvalue weighted by Crippen LogP contribution is -1.94. The zero-order chi connectivity index (χ0) is 11.9. The normalized spacial score (nSPS) is 10.8. The summed E-state index contributed by atoms with van der Waals surface area (Å²) in [4.78, 5) is 4.37. The number of hydrogen-bond acceptors (Lipinski definition) is 2. The number of aryl methyl sites for hydroxylation is 4. The number of benzene rings is 1. The molecule has 0 fully saturated rings. The summed E-state index contributed by atoms with van der Waals surface area (Å²) in [6, 6.07) is 4.35. The minimum absolute atomic E-state index is 0.550. The fourth-order valence-corrected chi connectivity index (χ4v) is 2.19. The van der Waals surface area contributed by atoms with Crippen molar-refractivity contribution < 1.29 is 0 Å². The lowest BCUT2D eigenvalue weighted by atomic mass is 9.98. The molecule has 2 rings (SSSR count). The number of aromatic nitrogens is 2. The van der Waals surface area contributed by atoms with Crippen molar-refractivity contribution in [3.63, 3.8) is 0 Å². The summed E-state index contributed by atoms with van der Waals surface area (Å²) >= 11 is 0. The van der Waals surface area contributed by atoms with Gasteiger partial charge in [0, 0.05) is 18.8 Å². The first-order chi connectivity index (χ1) is 7.49. The number of rotatable bonds is 1. The van der Waals surface area contributed by atoms with E-state index in [2.05, 4.69) is 37.9 Å². The van der Waals surface area contributed by atoms with Gasteiger partial charge in [0.2, 0.25) is 0 Å². The van der Waals surface area contributed by atoms with Crippen LogP contribution >= 0.6 is 0 Å². The van der Waals surface area contributed by atoms with Gasteiger partial charge in [-0.3, -0.25) is 0 Å². The molecule has 1 aromatic heterocycles. The molecule has 0 amide bonds. The summed E-state index contributed by atoms with van der Waals surface area (Å²) in [5.74, 6) is 0.550. The van der Waals surface area contributed by atoms with Gasteiger partial charge < -0.3 is 10.3 Å². The van der Waals surface area contributed by atoms with Crippen molar-refractivity contribution in [3.05, 3.63) is 35.0 Å². The number of hydrogen-bond donors (Lipinski definition) is 1. The van der Waals surface area contributed by atoms with Crippen molar-refractivity contribution in [1.29, 1.82) is 0 Å². The molecule has 2 aromatic rings. The van der Waals surface area contributed by atoms with E-state index in [0.29, 0.717) is 5.95 Å². The summed E-state index contributed by atoms with van der Waals surface area (Å²) in [7, 11) is 1.91. The van der Waals surface area contributed by atoms with E-state index in [4.69, 9.17) is 5.73 Å². The summed E-state index contributed by atoms with van der Waals surface area (Å²) in [5, 5.41) is 0. The monoisotopic (exact) mass is 215 g/mol. The van der Waals surface area contributed by atoms with Gasteiger partial charge in [0.15, 0.2) is 5.95 Å². The second-order valence-corrected chi connectivity index (χ2v) is 4.37. The topological polar surface area (TPSA) is 43.8 Å². The first-order valence-electron chi connectivity index (χ1n) is 5.36. The molecule has 1 aromatic carbocycles. The molecule has 0 spiro atoms. The molecule has 0 saturated carbocycles. The highest BCUT2D eigenvalue weighted by Gasteiger charge is 2.10. The van der Waals surface area contributed by atoms with Crippen LogP contribution in [-0.4, -0.2) is 9.55 Å². The summed E-state index contributed by atoms with van der Waals surface area (Å²) in [5.41, 5.74) is 11.7. The maximum absolute atomic E-state index is 5.76. The van der Waals surface area contributed by atoms with Gasteiger partial charge in [0.05, 0.1) is 5.69 Å². The molecule has 3 nitrogen and oxygen atoms in total. The molecule has 0 unspecified atom stereocenters. The summed E-state index contributed by atoms with van der Waals surface area (Å²) < 4.78 is 1.84. The van der Waals surface area contributed by atoms with Gasteiger partial charge in [-0.2, -0.15) is 0 Å². The molecule has 0 bridgehead atoms. The van der Waals surface area contributed by atoms with Crippen LogP contribution in [0, 0.1) is 20.8 Å². The van der Waals surface area contributed by atoms with Crippen LogP contribution in [0.5, 0.6) is 0 Å². The Bertz CT molecular complexity index is 496. The second-order valence-electron chi connectivity index (χ2n) is 4.37. The Hall–Kier alpha value is -1.77. The van der Waals surface area contributed by atoms with E-state index >= 15 is 0 Å². The third kappa shape index (κ3) is 1.69. The van der Waals surface area contributed by atoms with Gasteiger partial charge in [0.25, 0.3) is 0 Å². The van der Waals surface area contributed by atoms with Crippen molar-refractivity contribution in [1.82, 2.24) is 9.55 Å². The average Bonchev–Trinajstić information content (AvgIpc) is 2.44. The van der Waals surface area contributed by atoms with Crippen LogP contribution in [0.15, 0.2) is 18.3 Å². The Labute approximate surface area is 95.9 Å². The first kappa shape index (κ1) is 10.7. The molecular formula is C13H17N3. The lowest BCUT2D eigenvalue weighted by Gasteiger charge is -2.08. The number of imidazole rings is 1. The predicted octanol–water partition coefficient (Wildman–Crippen LogP) is 2.59. The summed E-state index contributed by atoms with van der Waals surface area (Å²) in [6.45, 7) is 6.33. The van der Waals surface area contributed by atoms with Gasteiger partial charge in [-0.25, -0.2) is 4.98 Å². The molecule has 0 aliphatic carbocycles. The Morgan fingerprint density at radius 1 is 1.12 bits per heavy atom. The largest absolute Gasteiger partial charge is 0.369 e. The molecule has 0 atom stereocenters. The van der Waals surface area contributed by atoms with Crippen molar-refractivity contribution in [2.24, 2.45) is 7.05 Å². The van der Waals surface area contributed by atoms with E-state index in [1.54, 1.807) is 0 Å². The quantitative estimate of drug-likeness (QED) is 0.794. The van der Waals surface area contributed by atoms with Gasteiger partial charge >= 0.3 is 0 Å². The van der Waals surface area contributed by atoms with Crippen LogP contribution in [0.3, 0.4) is 0 Å². The van der Waals surface area contributed by atoms with Crippen LogP contribution in [-0.2, 0) is 7.05 Å². The maximum Gasteiger partial charge on any atom is 0.200 e. The highest BCUT2D eigenvalue weighted by molar-refractivity contribution is 5.68. The number of nitrogen functional groups attached to an aromatic ring is 1. The van der Waals surface area contributed by atoms with E-state index in [-0.39, 0.29) is 0 Å². The molecule has 2 N–H and O–H groups in total. The van der Waals surface area contributed by atoms with Crippen LogP contribution in [0.1, 0.15) is 16.7 Å². The highest BCUT2D eigenvalue weighted by Crippen LogP contribution is 2.27. The molecule has 0 aliphatic rings. The minimum Gasteiger partial charge on any atom is -0.369 e. The van der Waals surface area contributed by atoms with Crippen LogP contribution in [0.2, 0.25) is 0 Å². The van der Waals surface area contributed by atoms with E-state index < -0.39 is 0 Å². The Kier molecular flexibility index (Phi) is 2.46. The zero-order valence-electron chi connectivity index (χ0n) is 10.2. The second kappa shape index (κ2) is 3.67. The molecular weight excluding hydrogens is 198 g/mol. The molecule has 1 heterocycles. The standard InChI is InChI=1S/C13H17N3/c1-8-5-9(2)12(10(3)6-8)11-7-16(4)13(14)15-11/h5-7H,1-4H3,(H2,14,15). The molecule has 16 heavy (non-hydrogen) atoms. The van der Waals surface area contributed by atoms with Gasteiger partial charge in [0.1, 0.15) is 0 Å². The Morgan fingerprint density at radius 2 is 1.69 bits per heavy atom. The summed E-state index contributed by atoms with van der Waals surface area (Å²) in [6.07, 6.45) is 1.97. The van der Waals surface area contributed by atoms with Gasteiger partial charge in [-0.05, 0) is 31.9 Å². The number of nitrogens with zero attached hydrogens (tertiary/aromatic N) is 2. The maximum atomic E-state index is 5.76. The van der Waals surface area contributed by atoms with Crippen LogP contribution in [0.4, 0.5) is 5.95 Å². The van der Waals surface area contributed by atoms with Crippen molar-refractivity contribution >= 4 is 5.95 Å². The SMILES string of the molecule is Cc1cc(C)c(-c2cn(C)c(N)n2)c(C)c1. The van der Waals surface area contributed by atoms with Crippen LogP contribution in [0.25, 0.3) is 11.3 Å². The predicted molar refractivity (Wildman–Crippen MR) is 67.3 cm³/mol. The van der Waals surface area contributed by atoms with E-state index in [0.717, 1.165) is 5.69 Å². The van der Waals surface area contributed by atoms with Gasteiger partial charge in [-0.15, -0.1) is 0 Å². The van der Waals surface area contributed by atoms with E-state index in [9.17, 15) is 0 Å².